The topological polar surface area (TPSA) is 26.0 Å². The van der Waals surface area contributed by atoms with E-state index in [1.165, 1.54) is 50.5 Å². The third kappa shape index (κ3) is 4.44. The Morgan fingerprint density at radius 3 is 2.76 bits per heavy atom. The zero-order valence-corrected chi connectivity index (χ0v) is 11.6. The predicted molar refractivity (Wildman–Crippen MR) is 76.6 cm³/mol. The fourth-order valence-corrected chi connectivity index (χ4v) is 3.76. The molecule has 0 aromatic carbocycles. The van der Waals surface area contributed by atoms with Gasteiger partial charge in [-0.25, -0.2) is 0 Å². The molecule has 17 heavy (non-hydrogen) atoms. The van der Waals surface area contributed by atoms with E-state index in [0.717, 1.165) is 25.3 Å². The molecule has 1 nitrogen and oxygen atoms in total. The monoisotopic (exact) mass is 251 g/mol. The van der Waals surface area contributed by atoms with Crippen LogP contribution in [0.2, 0.25) is 0 Å². The molecular formula is C15H25NS. The van der Waals surface area contributed by atoms with E-state index in [9.17, 15) is 0 Å². The van der Waals surface area contributed by atoms with Gasteiger partial charge in [-0.1, -0.05) is 32.1 Å². The summed E-state index contributed by atoms with van der Waals surface area (Å²) in [6, 6.07) is 2.41. The molecule has 0 aliphatic heterocycles. The minimum absolute atomic E-state index is 0.813. The lowest BCUT2D eigenvalue weighted by molar-refractivity contribution is 0.340. The van der Waals surface area contributed by atoms with Gasteiger partial charge in [0.15, 0.2) is 0 Å². The van der Waals surface area contributed by atoms with Gasteiger partial charge < -0.3 is 5.73 Å². The molecule has 96 valence electrons. The van der Waals surface area contributed by atoms with Crippen molar-refractivity contribution in [2.24, 2.45) is 11.7 Å². The van der Waals surface area contributed by atoms with Crippen molar-refractivity contribution < 1.29 is 0 Å². The Hall–Kier alpha value is -0.340. The van der Waals surface area contributed by atoms with Crippen molar-refractivity contribution in [3.63, 3.8) is 0 Å². The standard InChI is InChI=1S/C15H25NS/c16-10-4-7-14-11-15(17-12-14)9-8-13-5-2-1-3-6-13/h11-13H,1-10,16H2. The van der Waals surface area contributed by atoms with Crippen LogP contribution >= 0.6 is 11.3 Å². The molecule has 2 heteroatoms. The maximum atomic E-state index is 5.54. The first-order chi connectivity index (χ1) is 8.38. The molecule has 0 saturated heterocycles. The molecule has 1 aliphatic carbocycles. The Kier molecular flexibility index (Phi) is 5.53. The summed E-state index contributed by atoms with van der Waals surface area (Å²) in [5.41, 5.74) is 7.04. The van der Waals surface area contributed by atoms with E-state index in [0.29, 0.717) is 0 Å². The molecule has 1 aromatic rings. The van der Waals surface area contributed by atoms with Crippen molar-refractivity contribution in [3.8, 4) is 0 Å². The zero-order chi connectivity index (χ0) is 11.9. The predicted octanol–water partition coefficient (Wildman–Crippen LogP) is 4.15. The second-order valence-electron chi connectivity index (χ2n) is 5.36. The van der Waals surface area contributed by atoms with Crippen molar-refractivity contribution >= 4 is 11.3 Å². The quantitative estimate of drug-likeness (QED) is 0.807. The van der Waals surface area contributed by atoms with Crippen molar-refractivity contribution in [1.29, 1.82) is 0 Å². The number of aryl methyl sites for hydroxylation is 2. The molecule has 1 fully saturated rings. The summed E-state index contributed by atoms with van der Waals surface area (Å²) in [5.74, 6) is 1.01. The fraction of sp³-hybridized carbons (Fsp3) is 0.733. The molecule has 0 radical (unpaired) electrons. The molecular weight excluding hydrogens is 226 g/mol. The highest BCUT2D eigenvalue weighted by atomic mass is 32.1. The summed E-state index contributed by atoms with van der Waals surface area (Å²) in [4.78, 5) is 1.59. The van der Waals surface area contributed by atoms with Crippen LogP contribution in [0.3, 0.4) is 0 Å². The Morgan fingerprint density at radius 2 is 2.00 bits per heavy atom. The molecule has 1 saturated carbocycles. The molecule has 0 spiro atoms. The lowest BCUT2D eigenvalue weighted by atomic mass is 9.86. The van der Waals surface area contributed by atoms with E-state index in [1.54, 1.807) is 4.88 Å². The zero-order valence-electron chi connectivity index (χ0n) is 10.8. The van der Waals surface area contributed by atoms with Gasteiger partial charge in [-0.05, 0) is 55.2 Å². The second kappa shape index (κ2) is 7.17. The van der Waals surface area contributed by atoms with Gasteiger partial charge in [-0.2, -0.15) is 0 Å². The Bertz CT molecular complexity index is 312. The molecule has 0 bridgehead atoms. The Morgan fingerprint density at radius 1 is 1.18 bits per heavy atom. The first-order valence-electron chi connectivity index (χ1n) is 7.15. The SMILES string of the molecule is NCCCc1csc(CCC2CCCCC2)c1. The van der Waals surface area contributed by atoms with Crippen LogP contribution < -0.4 is 5.73 Å². The van der Waals surface area contributed by atoms with E-state index in [1.807, 2.05) is 11.3 Å². The lowest BCUT2D eigenvalue weighted by Crippen LogP contribution is -2.06. The third-order valence-corrected chi connectivity index (χ3v) is 4.95. The van der Waals surface area contributed by atoms with Crippen molar-refractivity contribution in [3.05, 3.63) is 21.9 Å². The number of nitrogens with two attached hydrogens (primary N) is 1. The number of hydrogen-bond acceptors (Lipinski definition) is 2. The number of hydrogen-bond donors (Lipinski definition) is 1. The van der Waals surface area contributed by atoms with Crippen LogP contribution in [0.25, 0.3) is 0 Å². The lowest BCUT2D eigenvalue weighted by Gasteiger charge is -2.20. The van der Waals surface area contributed by atoms with Gasteiger partial charge in [0.1, 0.15) is 0 Å². The molecule has 1 heterocycles. The normalized spacial score (nSPS) is 17.5. The van der Waals surface area contributed by atoms with Gasteiger partial charge in [0.2, 0.25) is 0 Å². The van der Waals surface area contributed by atoms with E-state index >= 15 is 0 Å². The fourth-order valence-electron chi connectivity index (χ4n) is 2.82. The molecule has 1 aromatic heterocycles. The van der Waals surface area contributed by atoms with Crippen molar-refractivity contribution in [2.75, 3.05) is 6.54 Å². The first kappa shape index (κ1) is 13.1. The highest BCUT2D eigenvalue weighted by Gasteiger charge is 2.13. The van der Waals surface area contributed by atoms with E-state index < -0.39 is 0 Å². The van der Waals surface area contributed by atoms with Crippen molar-refractivity contribution in [2.45, 2.75) is 57.8 Å². The van der Waals surface area contributed by atoms with Gasteiger partial charge in [-0.15, -0.1) is 11.3 Å². The third-order valence-electron chi connectivity index (χ3n) is 3.90. The smallest absolute Gasteiger partial charge is 0.00481 e. The van der Waals surface area contributed by atoms with Gasteiger partial charge in [0.05, 0.1) is 0 Å². The molecule has 2 N–H and O–H groups in total. The Balaban J connectivity index is 1.72. The van der Waals surface area contributed by atoms with Gasteiger partial charge in [0.25, 0.3) is 0 Å². The highest BCUT2D eigenvalue weighted by Crippen LogP contribution is 2.28. The summed E-state index contributed by atoms with van der Waals surface area (Å²) >= 11 is 1.95. The van der Waals surface area contributed by atoms with E-state index in [2.05, 4.69) is 11.4 Å². The minimum atomic E-state index is 0.813. The Labute approximate surface area is 109 Å². The second-order valence-corrected chi connectivity index (χ2v) is 6.35. The highest BCUT2D eigenvalue weighted by molar-refractivity contribution is 7.10. The average Bonchev–Trinajstić information content (AvgIpc) is 2.83. The summed E-state index contributed by atoms with van der Waals surface area (Å²) in [5, 5.41) is 2.33. The summed E-state index contributed by atoms with van der Waals surface area (Å²) in [6.45, 7) is 0.813. The maximum absolute atomic E-state index is 5.54. The van der Waals surface area contributed by atoms with Gasteiger partial charge in [-0.3, -0.25) is 0 Å². The number of rotatable bonds is 6. The largest absolute Gasteiger partial charge is 0.330 e. The summed E-state index contributed by atoms with van der Waals surface area (Å²) in [7, 11) is 0. The first-order valence-corrected chi connectivity index (χ1v) is 8.03. The molecule has 2 rings (SSSR count). The summed E-state index contributed by atoms with van der Waals surface area (Å²) in [6.07, 6.45) is 12.4. The van der Waals surface area contributed by atoms with Crippen LogP contribution in [0.5, 0.6) is 0 Å². The van der Waals surface area contributed by atoms with Gasteiger partial charge >= 0.3 is 0 Å². The van der Waals surface area contributed by atoms with Crippen molar-refractivity contribution in [1.82, 2.24) is 0 Å². The summed E-state index contributed by atoms with van der Waals surface area (Å²) < 4.78 is 0. The van der Waals surface area contributed by atoms with E-state index in [-0.39, 0.29) is 0 Å². The van der Waals surface area contributed by atoms with Gasteiger partial charge in [0, 0.05) is 4.88 Å². The number of thiophene rings is 1. The van der Waals surface area contributed by atoms with Crippen LogP contribution in [-0.2, 0) is 12.8 Å². The molecule has 0 atom stereocenters. The maximum Gasteiger partial charge on any atom is 0.00481 e. The minimum Gasteiger partial charge on any atom is -0.330 e. The molecule has 0 amide bonds. The van der Waals surface area contributed by atoms with E-state index in [4.69, 9.17) is 5.73 Å². The average molecular weight is 251 g/mol. The van der Waals surface area contributed by atoms with Crippen LogP contribution in [0.1, 0.15) is 55.4 Å². The molecule has 1 aliphatic rings. The van der Waals surface area contributed by atoms with Crippen LogP contribution in [0.4, 0.5) is 0 Å². The molecule has 0 unspecified atom stereocenters. The van der Waals surface area contributed by atoms with Crippen LogP contribution in [-0.4, -0.2) is 6.54 Å². The van der Waals surface area contributed by atoms with Crippen LogP contribution in [0.15, 0.2) is 11.4 Å². The van der Waals surface area contributed by atoms with Crippen LogP contribution in [0, 0.1) is 5.92 Å².